The Balaban J connectivity index is 2.40. The average molecular weight is 214 g/mol. The van der Waals surface area contributed by atoms with E-state index < -0.39 is 0 Å². The molecule has 1 aromatic rings. The SMILES string of the molecule is CC(C)CCCC(C)n1[nH]nnc1=S. The predicted molar refractivity (Wildman–Crippen MR) is 58.6 cm³/mol. The Kier molecular flexibility index (Phi) is 4.25. The van der Waals surface area contributed by atoms with Gasteiger partial charge in [0.25, 0.3) is 0 Å². The van der Waals surface area contributed by atoms with Crippen molar-refractivity contribution >= 4 is 12.2 Å². The van der Waals surface area contributed by atoms with Gasteiger partial charge >= 0.3 is 0 Å². The lowest BCUT2D eigenvalue weighted by Gasteiger charge is -2.12. The molecule has 0 amide bonds. The quantitative estimate of drug-likeness (QED) is 0.767. The minimum atomic E-state index is 0.372. The van der Waals surface area contributed by atoms with Crippen molar-refractivity contribution < 1.29 is 0 Å². The molecule has 1 aromatic heterocycles. The summed E-state index contributed by atoms with van der Waals surface area (Å²) >= 11 is 5.02. The lowest BCUT2D eigenvalue weighted by molar-refractivity contribution is 0.408. The molecule has 4 nitrogen and oxygen atoms in total. The lowest BCUT2D eigenvalue weighted by atomic mass is 10.0. The van der Waals surface area contributed by atoms with Gasteiger partial charge in [0.1, 0.15) is 0 Å². The van der Waals surface area contributed by atoms with Crippen LogP contribution in [-0.2, 0) is 0 Å². The van der Waals surface area contributed by atoms with Crippen LogP contribution in [0.25, 0.3) is 0 Å². The Hall–Kier alpha value is -0.710. The molecule has 0 radical (unpaired) electrons. The number of nitrogens with zero attached hydrogens (tertiary/aromatic N) is 3. The Morgan fingerprint density at radius 3 is 2.57 bits per heavy atom. The second-order valence-corrected chi connectivity index (χ2v) is 4.49. The maximum atomic E-state index is 5.02. The summed E-state index contributed by atoms with van der Waals surface area (Å²) in [6, 6.07) is 0.372. The summed E-state index contributed by atoms with van der Waals surface area (Å²) in [6.45, 7) is 6.62. The number of aromatic amines is 1. The topological polar surface area (TPSA) is 46.5 Å². The van der Waals surface area contributed by atoms with Crippen molar-refractivity contribution in [3.05, 3.63) is 4.77 Å². The van der Waals surface area contributed by atoms with Gasteiger partial charge in [-0.2, -0.15) is 5.21 Å². The summed E-state index contributed by atoms with van der Waals surface area (Å²) in [6.07, 6.45) is 3.61. The fourth-order valence-corrected chi connectivity index (χ4v) is 1.70. The highest BCUT2D eigenvalue weighted by atomic mass is 32.1. The normalized spacial score (nSPS) is 13.4. The van der Waals surface area contributed by atoms with E-state index in [1.807, 2.05) is 4.68 Å². The largest absolute Gasteiger partial charge is 0.240 e. The molecule has 0 aliphatic heterocycles. The van der Waals surface area contributed by atoms with Crippen LogP contribution in [0.3, 0.4) is 0 Å². The van der Waals surface area contributed by atoms with Gasteiger partial charge in [0.05, 0.1) is 6.04 Å². The maximum absolute atomic E-state index is 5.02. The van der Waals surface area contributed by atoms with E-state index in [-0.39, 0.29) is 0 Å². The number of nitrogens with one attached hydrogen (secondary N) is 1. The van der Waals surface area contributed by atoms with Gasteiger partial charge in [0.2, 0.25) is 4.77 Å². The third-order valence-corrected chi connectivity index (χ3v) is 2.62. The lowest BCUT2D eigenvalue weighted by Crippen LogP contribution is -2.07. The first-order valence-electron chi connectivity index (χ1n) is 5.11. The molecule has 0 bridgehead atoms. The van der Waals surface area contributed by atoms with Crippen molar-refractivity contribution in [3.8, 4) is 0 Å². The molecule has 1 unspecified atom stereocenters. The highest BCUT2D eigenvalue weighted by molar-refractivity contribution is 7.71. The second kappa shape index (κ2) is 5.24. The zero-order valence-corrected chi connectivity index (χ0v) is 9.84. The highest BCUT2D eigenvalue weighted by Gasteiger charge is 2.06. The average Bonchev–Trinajstić information content (AvgIpc) is 2.50. The van der Waals surface area contributed by atoms with Crippen LogP contribution in [0.4, 0.5) is 0 Å². The van der Waals surface area contributed by atoms with E-state index in [4.69, 9.17) is 12.2 Å². The Labute approximate surface area is 89.7 Å². The van der Waals surface area contributed by atoms with Crippen molar-refractivity contribution in [2.45, 2.75) is 46.1 Å². The number of tetrazole rings is 1. The van der Waals surface area contributed by atoms with Crippen molar-refractivity contribution in [3.63, 3.8) is 0 Å². The zero-order valence-electron chi connectivity index (χ0n) is 9.03. The second-order valence-electron chi connectivity index (χ2n) is 4.13. The monoisotopic (exact) mass is 214 g/mol. The van der Waals surface area contributed by atoms with Crippen LogP contribution in [0.1, 0.15) is 46.1 Å². The van der Waals surface area contributed by atoms with E-state index >= 15 is 0 Å². The van der Waals surface area contributed by atoms with Crippen molar-refractivity contribution in [1.29, 1.82) is 0 Å². The molecule has 0 saturated carbocycles. The predicted octanol–water partition coefficient (Wildman–Crippen LogP) is 2.72. The first-order valence-corrected chi connectivity index (χ1v) is 5.51. The number of hydrogen-bond acceptors (Lipinski definition) is 3. The molecule has 1 N–H and O–H groups in total. The summed E-state index contributed by atoms with van der Waals surface area (Å²) in [5, 5.41) is 10.2. The fraction of sp³-hybridized carbons (Fsp3) is 0.889. The molecule has 0 spiro atoms. The third kappa shape index (κ3) is 3.21. The van der Waals surface area contributed by atoms with E-state index in [0.717, 1.165) is 12.3 Å². The van der Waals surface area contributed by atoms with E-state index in [1.165, 1.54) is 12.8 Å². The molecule has 80 valence electrons. The molecule has 1 rings (SSSR count). The first kappa shape index (κ1) is 11.4. The van der Waals surface area contributed by atoms with Gasteiger partial charge in [-0.25, -0.2) is 4.68 Å². The molecule has 0 aliphatic carbocycles. The van der Waals surface area contributed by atoms with Gasteiger partial charge in [0.15, 0.2) is 0 Å². The summed E-state index contributed by atoms with van der Waals surface area (Å²) in [4.78, 5) is 0. The molecule has 0 saturated heterocycles. The van der Waals surface area contributed by atoms with Crippen molar-refractivity contribution in [1.82, 2.24) is 20.2 Å². The van der Waals surface area contributed by atoms with Crippen LogP contribution in [0, 0.1) is 10.7 Å². The summed E-state index contributed by atoms with van der Waals surface area (Å²) in [7, 11) is 0. The van der Waals surface area contributed by atoms with Gasteiger partial charge in [-0.1, -0.05) is 37.0 Å². The zero-order chi connectivity index (χ0) is 10.6. The standard InChI is InChI=1S/C9H18N4S/c1-7(2)5-4-6-8(3)13-9(14)10-11-12-13/h7-8H,4-6H2,1-3H3,(H,10,12,14). The van der Waals surface area contributed by atoms with Gasteiger partial charge in [-0.3, -0.25) is 0 Å². The maximum Gasteiger partial charge on any atom is 0.238 e. The van der Waals surface area contributed by atoms with Crippen molar-refractivity contribution in [2.75, 3.05) is 0 Å². The number of H-pyrrole nitrogens is 1. The molecule has 1 heterocycles. The summed E-state index contributed by atoms with van der Waals surface area (Å²) in [5.41, 5.74) is 0. The van der Waals surface area contributed by atoms with Crippen LogP contribution in [-0.4, -0.2) is 20.2 Å². The van der Waals surface area contributed by atoms with Gasteiger partial charge in [-0.05, 0) is 31.5 Å². The first-order chi connectivity index (χ1) is 6.61. The molecular weight excluding hydrogens is 196 g/mol. The van der Waals surface area contributed by atoms with E-state index in [9.17, 15) is 0 Å². The number of aromatic nitrogens is 4. The molecule has 0 fully saturated rings. The van der Waals surface area contributed by atoms with E-state index in [1.54, 1.807) is 0 Å². The number of rotatable bonds is 5. The Bertz CT molecular complexity index is 315. The molecule has 14 heavy (non-hydrogen) atoms. The van der Waals surface area contributed by atoms with Crippen LogP contribution < -0.4 is 0 Å². The van der Waals surface area contributed by atoms with E-state index in [2.05, 4.69) is 36.3 Å². The molecule has 5 heteroatoms. The van der Waals surface area contributed by atoms with E-state index in [0.29, 0.717) is 10.8 Å². The minimum absolute atomic E-state index is 0.372. The smallest absolute Gasteiger partial charge is 0.238 e. The fourth-order valence-electron chi connectivity index (χ4n) is 1.44. The molecule has 0 aromatic carbocycles. The summed E-state index contributed by atoms with van der Waals surface area (Å²) < 4.78 is 2.39. The van der Waals surface area contributed by atoms with Crippen LogP contribution >= 0.6 is 12.2 Å². The van der Waals surface area contributed by atoms with Crippen LogP contribution in [0.15, 0.2) is 0 Å². The summed E-state index contributed by atoms with van der Waals surface area (Å²) in [5.74, 6) is 0.773. The Morgan fingerprint density at radius 2 is 2.07 bits per heavy atom. The highest BCUT2D eigenvalue weighted by Crippen LogP contribution is 2.15. The third-order valence-electron chi connectivity index (χ3n) is 2.34. The van der Waals surface area contributed by atoms with Gasteiger partial charge in [-0.15, -0.1) is 0 Å². The molecule has 0 aliphatic rings. The molecule has 1 atom stereocenters. The van der Waals surface area contributed by atoms with Crippen LogP contribution in [0.2, 0.25) is 0 Å². The van der Waals surface area contributed by atoms with Gasteiger partial charge in [0, 0.05) is 0 Å². The van der Waals surface area contributed by atoms with Crippen LogP contribution in [0.5, 0.6) is 0 Å². The molecular formula is C9H18N4S. The Morgan fingerprint density at radius 1 is 1.36 bits per heavy atom. The number of hydrogen-bond donors (Lipinski definition) is 1. The minimum Gasteiger partial charge on any atom is -0.240 e. The van der Waals surface area contributed by atoms with Gasteiger partial charge < -0.3 is 0 Å². The van der Waals surface area contributed by atoms with Crippen molar-refractivity contribution in [2.24, 2.45) is 5.92 Å².